The highest BCUT2D eigenvalue weighted by Crippen LogP contribution is 2.24. The van der Waals surface area contributed by atoms with Crippen LogP contribution in [0.2, 0.25) is 0 Å². The van der Waals surface area contributed by atoms with Gasteiger partial charge in [0.05, 0.1) is 6.10 Å². The predicted molar refractivity (Wildman–Crippen MR) is 133 cm³/mol. The zero-order valence-corrected chi connectivity index (χ0v) is 21.0. The molecule has 0 aliphatic carbocycles. The third kappa shape index (κ3) is 6.47. The molecule has 8 heteroatoms. The molecule has 0 radical (unpaired) electrons. The number of nitrogens with one attached hydrogen (secondary N) is 1. The molecule has 1 aromatic rings. The van der Waals surface area contributed by atoms with Gasteiger partial charge >= 0.3 is 0 Å². The number of carbonyl (C=O) groups excluding carboxylic acids is 1. The number of piperazine rings is 1. The van der Waals surface area contributed by atoms with Gasteiger partial charge in [0, 0.05) is 59.1 Å². The molecule has 1 atom stereocenters. The maximum absolute atomic E-state index is 12.0. The van der Waals surface area contributed by atoms with Gasteiger partial charge in [-0.2, -0.15) is 0 Å². The number of carbonyl (C=O) groups is 1. The van der Waals surface area contributed by atoms with E-state index in [1.165, 1.54) is 16.8 Å². The second-order valence-electron chi connectivity index (χ2n) is 8.14. The first-order chi connectivity index (χ1) is 14.0. The molecular weight excluding hydrogens is 493 g/mol. The van der Waals surface area contributed by atoms with Gasteiger partial charge in [-0.05, 0) is 43.9 Å². The fraction of sp³-hybridized carbons (Fsp3) is 0.636. The number of hydrogen-bond acceptors (Lipinski definition) is 4. The van der Waals surface area contributed by atoms with Gasteiger partial charge in [0.25, 0.3) is 0 Å². The average Bonchev–Trinajstić information content (AvgIpc) is 3.24. The molecule has 0 saturated carbocycles. The molecule has 0 bridgehead atoms. The highest BCUT2D eigenvalue weighted by Gasteiger charge is 2.23. The molecule has 168 valence electrons. The zero-order chi connectivity index (χ0) is 20.8. The standard InChI is InChI=1S/C22H35N5O2.HI/c1-17-7-5-9-20(18(17)2)26-10-12-27(13-11-26)22(24-16-21(28)25(3)4)23-15-19-8-6-14-29-19;/h5,7,9,19H,6,8,10-16H2,1-4H3,(H,23,24);1H. The van der Waals surface area contributed by atoms with Crippen molar-refractivity contribution < 1.29 is 9.53 Å². The molecule has 30 heavy (non-hydrogen) atoms. The van der Waals surface area contributed by atoms with Gasteiger partial charge in [0.15, 0.2) is 5.96 Å². The first kappa shape index (κ1) is 24.7. The molecule has 1 N–H and O–H groups in total. The number of benzene rings is 1. The van der Waals surface area contributed by atoms with E-state index >= 15 is 0 Å². The van der Waals surface area contributed by atoms with Crippen molar-refractivity contribution in [3.8, 4) is 0 Å². The molecule has 1 amide bonds. The predicted octanol–water partition coefficient (Wildman–Crippen LogP) is 2.26. The zero-order valence-electron chi connectivity index (χ0n) is 18.7. The van der Waals surface area contributed by atoms with Crippen LogP contribution in [-0.4, -0.2) is 87.7 Å². The Morgan fingerprint density at radius 3 is 2.60 bits per heavy atom. The summed E-state index contributed by atoms with van der Waals surface area (Å²) in [5.74, 6) is 0.826. The van der Waals surface area contributed by atoms with Crippen molar-refractivity contribution in [1.82, 2.24) is 15.1 Å². The van der Waals surface area contributed by atoms with Gasteiger partial charge in [0.1, 0.15) is 6.54 Å². The number of anilines is 1. The Hall–Kier alpha value is -1.55. The lowest BCUT2D eigenvalue weighted by Gasteiger charge is -2.38. The minimum Gasteiger partial charge on any atom is -0.376 e. The maximum Gasteiger partial charge on any atom is 0.243 e. The number of hydrogen-bond donors (Lipinski definition) is 1. The summed E-state index contributed by atoms with van der Waals surface area (Å²) in [4.78, 5) is 23.0. The molecule has 3 rings (SSSR count). The van der Waals surface area contributed by atoms with Crippen molar-refractivity contribution in [2.24, 2.45) is 4.99 Å². The lowest BCUT2D eigenvalue weighted by Crippen LogP contribution is -2.53. The van der Waals surface area contributed by atoms with Crippen molar-refractivity contribution >= 4 is 41.5 Å². The Labute approximate surface area is 197 Å². The SMILES string of the molecule is Cc1cccc(N2CCN(C(=NCC(=O)N(C)C)NCC3CCCO3)CC2)c1C.I. The lowest BCUT2D eigenvalue weighted by molar-refractivity contribution is -0.127. The third-order valence-corrected chi connectivity index (χ3v) is 5.87. The van der Waals surface area contributed by atoms with E-state index in [2.05, 4.69) is 52.2 Å². The van der Waals surface area contributed by atoms with Gasteiger partial charge in [-0.25, -0.2) is 4.99 Å². The first-order valence-electron chi connectivity index (χ1n) is 10.6. The van der Waals surface area contributed by atoms with E-state index in [4.69, 9.17) is 4.74 Å². The summed E-state index contributed by atoms with van der Waals surface area (Å²) in [6, 6.07) is 6.50. The number of guanidine groups is 1. The van der Waals surface area contributed by atoms with Crippen LogP contribution >= 0.6 is 24.0 Å². The lowest BCUT2D eigenvalue weighted by atomic mass is 10.1. The Bertz CT molecular complexity index is 726. The maximum atomic E-state index is 12.0. The number of halogens is 1. The number of amides is 1. The van der Waals surface area contributed by atoms with Crippen LogP contribution < -0.4 is 10.2 Å². The molecule has 1 unspecified atom stereocenters. The third-order valence-electron chi connectivity index (χ3n) is 5.87. The van der Waals surface area contributed by atoms with Crippen molar-refractivity contribution in [2.45, 2.75) is 32.8 Å². The Kier molecular flexibility index (Phi) is 9.67. The number of ether oxygens (including phenoxy) is 1. The van der Waals surface area contributed by atoms with Crippen LogP contribution in [0.15, 0.2) is 23.2 Å². The molecule has 2 heterocycles. The summed E-state index contributed by atoms with van der Waals surface area (Å²) in [5.41, 5.74) is 3.99. The summed E-state index contributed by atoms with van der Waals surface area (Å²) in [6.07, 6.45) is 2.44. The van der Waals surface area contributed by atoms with E-state index in [1.807, 2.05) is 0 Å². The van der Waals surface area contributed by atoms with Crippen LogP contribution in [0.1, 0.15) is 24.0 Å². The Balaban J connectivity index is 0.00000320. The highest BCUT2D eigenvalue weighted by atomic mass is 127. The average molecular weight is 529 g/mol. The number of aliphatic imine (C=N–C) groups is 1. The van der Waals surface area contributed by atoms with Crippen LogP contribution in [0.3, 0.4) is 0 Å². The molecule has 2 aliphatic rings. The van der Waals surface area contributed by atoms with Crippen molar-refractivity contribution in [3.63, 3.8) is 0 Å². The Morgan fingerprint density at radius 1 is 1.23 bits per heavy atom. The first-order valence-corrected chi connectivity index (χ1v) is 10.6. The van der Waals surface area contributed by atoms with Gasteiger partial charge in [-0.3, -0.25) is 4.79 Å². The van der Waals surface area contributed by atoms with Crippen LogP contribution in [0.4, 0.5) is 5.69 Å². The summed E-state index contributed by atoms with van der Waals surface area (Å²) >= 11 is 0. The smallest absolute Gasteiger partial charge is 0.243 e. The molecule has 1 aromatic carbocycles. The molecule has 2 saturated heterocycles. The quantitative estimate of drug-likeness (QED) is 0.361. The molecule has 7 nitrogen and oxygen atoms in total. The summed E-state index contributed by atoms with van der Waals surface area (Å²) in [6.45, 7) is 9.73. The molecular formula is C22H36IN5O2. The van der Waals surface area contributed by atoms with Gasteiger partial charge in [-0.1, -0.05) is 12.1 Å². The fourth-order valence-electron chi connectivity index (χ4n) is 3.80. The van der Waals surface area contributed by atoms with Crippen LogP contribution in [0, 0.1) is 13.8 Å². The van der Waals surface area contributed by atoms with E-state index in [-0.39, 0.29) is 42.5 Å². The normalized spacial score (nSPS) is 19.5. The van der Waals surface area contributed by atoms with E-state index in [0.29, 0.717) is 0 Å². The monoisotopic (exact) mass is 529 g/mol. The highest BCUT2D eigenvalue weighted by molar-refractivity contribution is 14.0. The topological polar surface area (TPSA) is 60.4 Å². The second kappa shape index (κ2) is 11.7. The minimum atomic E-state index is 0. The Morgan fingerprint density at radius 2 is 1.97 bits per heavy atom. The number of nitrogens with zero attached hydrogens (tertiary/aromatic N) is 4. The molecule has 0 spiro atoms. The van der Waals surface area contributed by atoms with Crippen molar-refractivity contribution in [2.75, 3.05) is 64.9 Å². The van der Waals surface area contributed by atoms with E-state index in [9.17, 15) is 4.79 Å². The number of likely N-dealkylation sites (N-methyl/N-ethyl adjacent to an activating group) is 1. The summed E-state index contributed by atoms with van der Waals surface area (Å²) in [7, 11) is 3.53. The molecule has 2 fully saturated rings. The second-order valence-corrected chi connectivity index (χ2v) is 8.14. The van der Waals surface area contributed by atoms with Crippen LogP contribution in [-0.2, 0) is 9.53 Å². The largest absolute Gasteiger partial charge is 0.376 e. The van der Waals surface area contributed by atoms with E-state index in [0.717, 1.165) is 58.1 Å². The fourth-order valence-corrected chi connectivity index (χ4v) is 3.80. The summed E-state index contributed by atoms with van der Waals surface area (Å²) in [5, 5.41) is 3.46. The van der Waals surface area contributed by atoms with Gasteiger partial charge in [0.2, 0.25) is 5.91 Å². The van der Waals surface area contributed by atoms with Crippen LogP contribution in [0.5, 0.6) is 0 Å². The van der Waals surface area contributed by atoms with E-state index < -0.39 is 0 Å². The van der Waals surface area contributed by atoms with Crippen molar-refractivity contribution in [1.29, 1.82) is 0 Å². The van der Waals surface area contributed by atoms with Gasteiger partial charge in [-0.15, -0.1) is 24.0 Å². The molecule has 2 aliphatic heterocycles. The van der Waals surface area contributed by atoms with E-state index in [1.54, 1.807) is 19.0 Å². The number of rotatable bonds is 5. The minimum absolute atomic E-state index is 0. The number of aryl methyl sites for hydroxylation is 1. The van der Waals surface area contributed by atoms with Crippen LogP contribution in [0.25, 0.3) is 0 Å². The summed E-state index contributed by atoms with van der Waals surface area (Å²) < 4.78 is 5.73. The van der Waals surface area contributed by atoms with Crippen molar-refractivity contribution in [3.05, 3.63) is 29.3 Å². The molecule has 0 aromatic heterocycles. The van der Waals surface area contributed by atoms with Gasteiger partial charge < -0.3 is 24.8 Å².